The second-order valence-corrected chi connectivity index (χ2v) is 5.49. The fourth-order valence-electron chi connectivity index (χ4n) is 2.81. The summed E-state index contributed by atoms with van der Waals surface area (Å²) in [5.41, 5.74) is -0.459. The van der Waals surface area contributed by atoms with Crippen LogP contribution in [0, 0.1) is 17.3 Å². The van der Waals surface area contributed by atoms with Crippen LogP contribution in [0.3, 0.4) is 0 Å². The molecule has 2 nitrogen and oxygen atoms in total. The third kappa shape index (κ3) is 2.87. The summed E-state index contributed by atoms with van der Waals surface area (Å²) in [4.78, 5) is 11.4. The normalized spacial score (nSPS) is 30.3. The van der Waals surface area contributed by atoms with Gasteiger partial charge in [-0.05, 0) is 50.4 Å². The van der Waals surface area contributed by atoms with Gasteiger partial charge in [-0.2, -0.15) is 0 Å². The van der Waals surface area contributed by atoms with Gasteiger partial charge in [0, 0.05) is 0 Å². The zero-order valence-corrected chi connectivity index (χ0v) is 10.5. The summed E-state index contributed by atoms with van der Waals surface area (Å²) in [6, 6.07) is 0. The van der Waals surface area contributed by atoms with Crippen molar-refractivity contribution in [1.29, 1.82) is 0 Å². The van der Waals surface area contributed by atoms with Gasteiger partial charge in [0.1, 0.15) is 0 Å². The first-order valence-electron chi connectivity index (χ1n) is 6.36. The molecule has 0 radical (unpaired) electrons. The lowest BCUT2D eigenvalue weighted by Crippen LogP contribution is -2.36. The lowest BCUT2D eigenvalue weighted by Gasteiger charge is -2.38. The molecule has 0 atom stereocenters. The van der Waals surface area contributed by atoms with Crippen molar-refractivity contribution in [1.82, 2.24) is 0 Å². The maximum atomic E-state index is 11.4. The van der Waals surface area contributed by atoms with Gasteiger partial charge in [-0.25, -0.2) is 0 Å². The molecule has 92 valence electrons. The van der Waals surface area contributed by atoms with Gasteiger partial charge >= 0.3 is 5.97 Å². The van der Waals surface area contributed by atoms with Gasteiger partial charge in [0.15, 0.2) is 0 Å². The summed E-state index contributed by atoms with van der Waals surface area (Å²) >= 11 is 0. The molecule has 16 heavy (non-hydrogen) atoms. The lowest BCUT2D eigenvalue weighted by molar-refractivity contribution is -0.152. The van der Waals surface area contributed by atoms with E-state index in [1.165, 1.54) is 0 Å². The quantitative estimate of drug-likeness (QED) is 0.720. The minimum atomic E-state index is -0.600. The first-order valence-corrected chi connectivity index (χ1v) is 6.36. The van der Waals surface area contributed by atoms with Crippen LogP contribution >= 0.6 is 0 Å². The fraction of sp³-hybridized carbons (Fsp3) is 0.786. The Bertz CT molecular complexity index is 247. The highest BCUT2D eigenvalue weighted by atomic mass is 16.4. The van der Waals surface area contributed by atoms with Crippen LogP contribution in [0.4, 0.5) is 0 Å². The van der Waals surface area contributed by atoms with E-state index in [2.05, 4.69) is 20.4 Å². The Hall–Kier alpha value is -0.790. The minimum absolute atomic E-state index is 0.459. The van der Waals surface area contributed by atoms with Gasteiger partial charge < -0.3 is 5.11 Å². The van der Waals surface area contributed by atoms with E-state index in [0.717, 1.165) is 44.4 Å². The van der Waals surface area contributed by atoms with E-state index in [4.69, 9.17) is 0 Å². The SMILES string of the molecule is C=CCCC1(C(=O)O)CCC(C(C)C)CC1. The van der Waals surface area contributed by atoms with Crippen LogP contribution in [-0.2, 0) is 4.79 Å². The van der Waals surface area contributed by atoms with Gasteiger partial charge in [0.25, 0.3) is 0 Å². The number of aliphatic carboxylic acids is 1. The summed E-state index contributed by atoms with van der Waals surface area (Å²) in [6.45, 7) is 8.16. The summed E-state index contributed by atoms with van der Waals surface area (Å²) < 4.78 is 0. The smallest absolute Gasteiger partial charge is 0.309 e. The van der Waals surface area contributed by atoms with Crippen molar-refractivity contribution < 1.29 is 9.90 Å². The zero-order chi connectivity index (χ0) is 12.2. The average Bonchev–Trinajstić information content (AvgIpc) is 2.26. The highest BCUT2D eigenvalue weighted by Gasteiger charge is 2.41. The predicted octanol–water partition coefficient (Wildman–Crippen LogP) is 3.87. The summed E-state index contributed by atoms with van der Waals surface area (Å²) in [6.07, 6.45) is 7.24. The van der Waals surface area contributed by atoms with Crippen molar-refractivity contribution in [2.75, 3.05) is 0 Å². The van der Waals surface area contributed by atoms with Crippen molar-refractivity contribution in [3.63, 3.8) is 0 Å². The molecule has 1 N–H and O–H groups in total. The van der Waals surface area contributed by atoms with E-state index < -0.39 is 11.4 Å². The molecule has 0 aromatic carbocycles. The molecule has 0 amide bonds. The van der Waals surface area contributed by atoms with Crippen LogP contribution in [0.25, 0.3) is 0 Å². The average molecular weight is 224 g/mol. The molecule has 0 bridgehead atoms. The third-order valence-corrected chi connectivity index (χ3v) is 4.21. The van der Waals surface area contributed by atoms with Crippen molar-refractivity contribution in [3.8, 4) is 0 Å². The van der Waals surface area contributed by atoms with Crippen LogP contribution in [-0.4, -0.2) is 11.1 Å². The van der Waals surface area contributed by atoms with E-state index in [1.54, 1.807) is 0 Å². The Balaban J connectivity index is 2.62. The Morgan fingerprint density at radius 2 is 2.06 bits per heavy atom. The van der Waals surface area contributed by atoms with Crippen LogP contribution in [0.15, 0.2) is 12.7 Å². The van der Waals surface area contributed by atoms with Gasteiger partial charge in [-0.1, -0.05) is 19.9 Å². The molecule has 1 aliphatic carbocycles. The summed E-state index contributed by atoms with van der Waals surface area (Å²) in [5, 5.41) is 9.41. The van der Waals surface area contributed by atoms with Gasteiger partial charge in [0.05, 0.1) is 5.41 Å². The standard InChI is InChI=1S/C14H24O2/c1-4-5-8-14(13(15)16)9-6-12(7-10-14)11(2)3/h4,11-12H,1,5-10H2,2-3H3,(H,15,16). The molecule has 1 rings (SSSR count). The second-order valence-electron chi connectivity index (χ2n) is 5.49. The highest BCUT2D eigenvalue weighted by Crippen LogP contribution is 2.44. The molecule has 0 aliphatic heterocycles. The van der Waals surface area contributed by atoms with Crippen molar-refractivity contribution >= 4 is 5.97 Å². The Morgan fingerprint density at radius 1 is 1.50 bits per heavy atom. The number of carboxylic acids is 1. The first kappa shape index (κ1) is 13.3. The van der Waals surface area contributed by atoms with Crippen molar-refractivity contribution in [2.45, 2.75) is 52.4 Å². The van der Waals surface area contributed by atoms with Crippen LogP contribution in [0.5, 0.6) is 0 Å². The molecular weight excluding hydrogens is 200 g/mol. The van der Waals surface area contributed by atoms with Crippen LogP contribution in [0.2, 0.25) is 0 Å². The maximum absolute atomic E-state index is 11.4. The lowest BCUT2D eigenvalue weighted by atomic mass is 9.66. The molecule has 1 saturated carbocycles. The molecule has 1 aliphatic rings. The minimum Gasteiger partial charge on any atom is -0.481 e. The van der Waals surface area contributed by atoms with E-state index in [0.29, 0.717) is 5.92 Å². The predicted molar refractivity (Wildman–Crippen MR) is 66.3 cm³/mol. The van der Waals surface area contributed by atoms with Gasteiger partial charge in [0.2, 0.25) is 0 Å². The molecule has 0 aromatic rings. The van der Waals surface area contributed by atoms with Gasteiger partial charge in [-0.15, -0.1) is 6.58 Å². The molecule has 2 heteroatoms. The third-order valence-electron chi connectivity index (χ3n) is 4.21. The monoisotopic (exact) mass is 224 g/mol. The molecule has 0 unspecified atom stereocenters. The Kier molecular flexibility index (Phi) is 4.57. The summed E-state index contributed by atoms with van der Waals surface area (Å²) in [7, 11) is 0. The fourth-order valence-corrected chi connectivity index (χ4v) is 2.81. The molecule has 0 saturated heterocycles. The number of rotatable bonds is 5. The summed E-state index contributed by atoms with van der Waals surface area (Å²) in [5.74, 6) is 0.805. The first-order chi connectivity index (χ1) is 7.52. The number of carbonyl (C=O) groups is 1. The van der Waals surface area contributed by atoms with E-state index >= 15 is 0 Å². The van der Waals surface area contributed by atoms with E-state index in [9.17, 15) is 9.90 Å². The molecular formula is C14H24O2. The number of allylic oxidation sites excluding steroid dienone is 1. The molecule has 1 fully saturated rings. The number of hydrogen-bond donors (Lipinski definition) is 1. The van der Waals surface area contributed by atoms with Crippen LogP contribution in [0.1, 0.15) is 52.4 Å². The molecule has 0 heterocycles. The number of hydrogen-bond acceptors (Lipinski definition) is 1. The largest absolute Gasteiger partial charge is 0.481 e. The molecule has 0 aromatic heterocycles. The van der Waals surface area contributed by atoms with Crippen molar-refractivity contribution in [3.05, 3.63) is 12.7 Å². The topological polar surface area (TPSA) is 37.3 Å². The van der Waals surface area contributed by atoms with Crippen molar-refractivity contribution in [2.24, 2.45) is 17.3 Å². The van der Waals surface area contributed by atoms with E-state index in [-0.39, 0.29) is 0 Å². The molecule has 0 spiro atoms. The maximum Gasteiger partial charge on any atom is 0.309 e. The number of carboxylic acid groups (broad SMARTS) is 1. The Labute approximate surface area is 98.7 Å². The second kappa shape index (κ2) is 5.51. The Morgan fingerprint density at radius 3 is 2.44 bits per heavy atom. The van der Waals surface area contributed by atoms with Gasteiger partial charge in [-0.3, -0.25) is 4.79 Å². The zero-order valence-electron chi connectivity index (χ0n) is 10.5. The van der Waals surface area contributed by atoms with E-state index in [1.807, 2.05) is 6.08 Å². The van der Waals surface area contributed by atoms with Crippen LogP contribution < -0.4 is 0 Å². The highest BCUT2D eigenvalue weighted by molar-refractivity contribution is 5.74.